The molecule has 0 aliphatic carbocycles. The second kappa shape index (κ2) is 12.2. The molecule has 0 fully saturated rings. The van der Waals surface area contributed by atoms with Gasteiger partial charge in [0.25, 0.3) is 0 Å². The van der Waals surface area contributed by atoms with Gasteiger partial charge in [-0.2, -0.15) is 0 Å². The molecule has 8 rings (SSSR count). The first-order valence-corrected chi connectivity index (χ1v) is 15.7. The first-order valence-electron chi connectivity index (χ1n) is 15.7. The molecule has 0 saturated heterocycles. The van der Waals surface area contributed by atoms with Gasteiger partial charge in [0.05, 0.1) is 33.3 Å². The zero-order valence-corrected chi connectivity index (χ0v) is 25.7. The van der Waals surface area contributed by atoms with Gasteiger partial charge in [0, 0.05) is 40.6 Å². The topological polar surface area (TPSA) is 45.6 Å². The second-order valence-corrected chi connectivity index (χ2v) is 11.5. The summed E-state index contributed by atoms with van der Waals surface area (Å²) in [4.78, 5) is 4.51. The fourth-order valence-electron chi connectivity index (χ4n) is 6.31. The summed E-state index contributed by atoms with van der Waals surface area (Å²) < 4.78 is 6.88. The molecule has 0 radical (unpaired) electrons. The van der Waals surface area contributed by atoms with Crippen LogP contribution in [-0.2, 0) is 0 Å². The largest absolute Gasteiger partial charge is 0.405 e. The fourth-order valence-corrected chi connectivity index (χ4v) is 6.31. The van der Waals surface area contributed by atoms with Crippen molar-refractivity contribution in [3.05, 3.63) is 182 Å². The summed E-state index contributed by atoms with van der Waals surface area (Å²) in [5.41, 5.74) is 16.9. The van der Waals surface area contributed by atoms with Crippen LogP contribution in [0.4, 0.5) is 39.8 Å². The quantitative estimate of drug-likeness (QED) is 0.111. The highest BCUT2D eigenvalue weighted by atomic mass is 16.3. The smallest absolute Gasteiger partial charge is 0.191 e. The number of nitrogen functional groups attached to an aromatic ring is 1. The standard InChI is InChI=1S/C43H32N3O/c44-32-23-21-31(22-24-32)43-39-27-25-37(45(33-13-5-1-6-14-33)34-15-7-2-8-16-34)29-41(39)47-42-30-38(26-28-40(42)43)46(35-17-9-3-10-18-35)36-19-11-4-12-20-36/h1-30H,44H2/q+1. The molecule has 0 atom stereocenters. The molecule has 0 spiro atoms. The predicted molar refractivity (Wildman–Crippen MR) is 197 cm³/mol. The molecule has 224 valence electrons. The molecule has 7 aromatic carbocycles. The van der Waals surface area contributed by atoms with E-state index in [1.807, 2.05) is 36.4 Å². The van der Waals surface area contributed by atoms with Crippen LogP contribution in [0.3, 0.4) is 0 Å². The second-order valence-electron chi connectivity index (χ2n) is 11.5. The predicted octanol–water partition coefficient (Wildman–Crippen LogP) is 12.1. The minimum absolute atomic E-state index is 0.732. The third-order valence-corrected chi connectivity index (χ3v) is 8.46. The summed E-state index contributed by atoms with van der Waals surface area (Å²) in [6.07, 6.45) is 0. The molecule has 0 amide bonds. The van der Waals surface area contributed by atoms with Gasteiger partial charge in [-0.05, 0) is 97.1 Å². The molecule has 0 unspecified atom stereocenters. The highest BCUT2D eigenvalue weighted by Crippen LogP contribution is 2.43. The van der Waals surface area contributed by atoms with Crippen LogP contribution >= 0.6 is 0 Å². The molecular weight excluding hydrogens is 574 g/mol. The molecule has 0 bridgehead atoms. The summed E-state index contributed by atoms with van der Waals surface area (Å²) in [5.74, 6) is 0. The maximum Gasteiger partial charge on any atom is 0.191 e. The fraction of sp³-hybridized carbons (Fsp3) is 0. The van der Waals surface area contributed by atoms with Crippen molar-refractivity contribution in [1.29, 1.82) is 0 Å². The molecule has 1 aromatic heterocycles. The van der Waals surface area contributed by atoms with Crippen LogP contribution in [0.15, 0.2) is 186 Å². The maximum atomic E-state index is 6.88. The molecule has 0 aliphatic rings. The van der Waals surface area contributed by atoms with E-state index in [1.165, 1.54) is 0 Å². The van der Waals surface area contributed by atoms with Crippen molar-refractivity contribution in [2.75, 3.05) is 15.5 Å². The lowest BCUT2D eigenvalue weighted by Crippen LogP contribution is -2.10. The van der Waals surface area contributed by atoms with Crippen molar-refractivity contribution in [1.82, 2.24) is 0 Å². The number of hydrogen-bond acceptors (Lipinski definition) is 4. The molecular formula is C43H32N3O+. The van der Waals surface area contributed by atoms with Gasteiger partial charge in [-0.15, -0.1) is 0 Å². The summed E-state index contributed by atoms with van der Waals surface area (Å²) >= 11 is 0. The van der Waals surface area contributed by atoms with Crippen LogP contribution in [0.2, 0.25) is 0 Å². The minimum Gasteiger partial charge on any atom is -0.405 e. The molecule has 8 aromatic rings. The first kappa shape index (κ1) is 28.1. The highest BCUT2D eigenvalue weighted by Gasteiger charge is 2.22. The number of fused-ring (bicyclic) bond motifs is 2. The van der Waals surface area contributed by atoms with Gasteiger partial charge in [-0.1, -0.05) is 72.8 Å². The highest BCUT2D eigenvalue weighted by molar-refractivity contribution is 6.09. The van der Waals surface area contributed by atoms with E-state index in [1.54, 1.807) is 0 Å². The lowest BCUT2D eigenvalue weighted by atomic mass is 9.96. The van der Waals surface area contributed by atoms with Gasteiger partial charge in [-0.25, -0.2) is 0 Å². The average molecular weight is 607 g/mol. The van der Waals surface area contributed by atoms with Crippen molar-refractivity contribution >= 4 is 61.8 Å². The SMILES string of the molecule is Nc1ccc(-[c+]2c3ccc(N(c4ccccc4)c4ccccc4)cc3oc3cc(N(c4ccccc4)c4ccccc4)ccc32)cc1. The zero-order valence-electron chi connectivity index (χ0n) is 25.7. The third-order valence-electron chi connectivity index (χ3n) is 8.46. The number of rotatable bonds is 7. The van der Waals surface area contributed by atoms with Crippen molar-refractivity contribution in [3.63, 3.8) is 0 Å². The Bertz CT molecular complexity index is 2070. The maximum absolute atomic E-state index is 6.88. The van der Waals surface area contributed by atoms with E-state index in [0.717, 1.165) is 72.9 Å². The average Bonchev–Trinajstić information content (AvgIpc) is 3.13. The summed E-state index contributed by atoms with van der Waals surface area (Å²) in [6, 6.07) is 62.8. The lowest BCUT2D eigenvalue weighted by Gasteiger charge is -2.25. The van der Waals surface area contributed by atoms with E-state index < -0.39 is 0 Å². The summed E-state index contributed by atoms with van der Waals surface area (Å²) in [7, 11) is 0. The van der Waals surface area contributed by atoms with Crippen molar-refractivity contribution in [3.8, 4) is 11.1 Å². The van der Waals surface area contributed by atoms with Gasteiger partial charge in [0.2, 0.25) is 0 Å². The van der Waals surface area contributed by atoms with Crippen LogP contribution in [0.25, 0.3) is 33.1 Å². The van der Waals surface area contributed by atoms with Gasteiger partial charge in [0.1, 0.15) is 0 Å². The van der Waals surface area contributed by atoms with E-state index >= 15 is 0 Å². The number of nitrogens with two attached hydrogens (primary N) is 1. The van der Waals surface area contributed by atoms with Crippen LogP contribution in [-0.4, -0.2) is 0 Å². The minimum atomic E-state index is 0.732. The number of nitrogens with zero attached hydrogens (tertiary/aromatic N) is 2. The number of benzene rings is 7. The number of hydrogen-bond donors (Lipinski definition) is 1. The van der Waals surface area contributed by atoms with Crippen LogP contribution in [0.1, 0.15) is 0 Å². The van der Waals surface area contributed by atoms with Gasteiger partial charge in [-0.3, -0.25) is 0 Å². The van der Waals surface area contributed by atoms with E-state index in [-0.39, 0.29) is 0 Å². The Hall–Kier alpha value is -6.39. The third kappa shape index (κ3) is 5.43. The Morgan fingerprint density at radius 1 is 0.383 bits per heavy atom. The lowest BCUT2D eigenvalue weighted by molar-refractivity contribution is 0.661. The van der Waals surface area contributed by atoms with Gasteiger partial charge in [0.15, 0.2) is 11.2 Å². The zero-order chi connectivity index (χ0) is 31.6. The Morgan fingerprint density at radius 3 is 1.11 bits per heavy atom. The number of para-hydroxylation sites is 4. The van der Waals surface area contributed by atoms with Crippen molar-refractivity contribution in [2.45, 2.75) is 0 Å². The van der Waals surface area contributed by atoms with Gasteiger partial charge < -0.3 is 20.0 Å². The van der Waals surface area contributed by atoms with Crippen LogP contribution < -0.4 is 15.5 Å². The molecule has 4 heteroatoms. The van der Waals surface area contributed by atoms with Crippen LogP contribution in [0.5, 0.6) is 0 Å². The van der Waals surface area contributed by atoms with E-state index in [0.29, 0.717) is 0 Å². The van der Waals surface area contributed by atoms with Crippen LogP contribution in [0, 0.1) is 0 Å². The molecule has 2 N–H and O–H groups in total. The van der Waals surface area contributed by atoms with Gasteiger partial charge >= 0.3 is 0 Å². The number of anilines is 7. The Kier molecular flexibility index (Phi) is 7.29. The summed E-state index contributed by atoms with van der Waals surface area (Å²) in [5, 5.41) is 2.06. The molecule has 0 saturated carbocycles. The molecule has 4 nitrogen and oxygen atoms in total. The molecule has 1 heterocycles. The monoisotopic (exact) mass is 606 g/mol. The van der Waals surface area contributed by atoms with Crippen molar-refractivity contribution in [2.24, 2.45) is 0 Å². The van der Waals surface area contributed by atoms with E-state index in [9.17, 15) is 0 Å². The normalized spacial score (nSPS) is 11.1. The molecule has 0 aliphatic heterocycles. The Balaban J connectivity index is 1.37. The summed E-state index contributed by atoms with van der Waals surface area (Å²) in [6.45, 7) is 0. The van der Waals surface area contributed by atoms with E-state index in [4.69, 9.17) is 10.2 Å². The first-order chi connectivity index (χ1) is 23.2. The Morgan fingerprint density at radius 2 is 0.745 bits per heavy atom. The van der Waals surface area contributed by atoms with E-state index in [2.05, 4.69) is 155 Å². The molecule has 47 heavy (non-hydrogen) atoms. The van der Waals surface area contributed by atoms with Crippen molar-refractivity contribution < 1.29 is 4.42 Å². The Labute approximate surface area is 274 Å².